The van der Waals surface area contributed by atoms with Gasteiger partial charge >= 0.3 is 0 Å². The van der Waals surface area contributed by atoms with Gasteiger partial charge in [0, 0.05) is 11.9 Å². The van der Waals surface area contributed by atoms with Crippen LogP contribution >= 0.6 is 0 Å². The summed E-state index contributed by atoms with van der Waals surface area (Å²) < 4.78 is 13.1. The van der Waals surface area contributed by atoms with Crippen LogP contribution in [0.25, 0.3) is 0 Å². The Morgan fingerprint density at radius 2 is 2.00 bits per heavy atom. The molecule has 0 atom stereocenters. The molecule has 0 saturated heterocycles. The summed E-state index contributed by atoms with van der Waals surface area (Å²) in [4.78, 5) is 4.29. The van der Waals surface area contributed by atoms with Crippen molar-refractivity contribution in [1.82, 2.24) is 4.98 Å². The second kappa shape index (κ2) is 4.95. The topological polar surface area (TPSA) is 24.9 Å². The fourth-order valence-corrected chi connectivity index (χ4v) is 1.67. The molecule has 2 nitrogen and oxygen atoms in total. The number of aromatic nitrogens is 1. The van der Waals surface area contributed by atoms with Crippen molar-refractivity contribution in [1.29, 1.82) is 0 Å². The molecule has 2 aromatic rings. The zero-order valence-corrected chi connectivity index (χ0v) is 10.00. The van der Waals surface area contributed by atoms with Gasteiger partial charge < -0.3 is 5.32 Å². The molecule has 88 valence electrons. The van der Waals surface area contributed by atoms with E-state index in [1.165, 1.54) is 12.1 Å². The van der Waals surface area contributed by atoms with Crippen LogP contribution in [0, 0.1) is 19.7 Å². The molecule has 0 spiro atoms. The predicted octanol–water partition coefficient (Wildman–Crippen LogP) is 3.45. The number of hydrogen-bond donors (Lipinski definition) is 1. The first-order valence-electron chi connectivity index (χ1n) is 5.57. The Kier molecular flexibility index (Phi) is 3.38. The normalized spacial score (nSPS) is 10.3. The van der Waals surface area contributed by atoms with Crippen LogP contribution in [0.15, 0.2) is 36.5 Å². The molecule has 0 fully saturated rings. The molecule has 3 heteroatoms. The number of anilines is 1. The molecule has 0 bridgehead atoms. The summed E-state index contributed by atoms with van der Waals surface area (Å²) in [5.41, 5.74) is 3.96. The third-order valence-corrected chi connectivity index (χ3v) is 2.76. The van der Waals surface area contributed by atoms with E-state index in [1.54, 1.807) is 12.3 Å². The lowest BCUT2D eigenvalue weighted by Crippen LogP contribution is -2.04. The highest BCUT2D eigenvalue weighted by Crippen LogP contribution is 2.17. The number of halogens is 1. The number of benzene rings is 1. The van der Waals surface area contributed by atoms with E-state index in [9.17, 15) is 4.39 Å². The Morgan fingerprint density at radius 3 is 2.76 bits per heavy atom. The average Bonchev–Trinajstić information content (AvgIpc) is 2.32. The van der Waals surface area contributed by atoms with Crippen LogP contribution in [0.1, 0.15) is 16.8 Å². The van der Waals surface area contributed by atoms with Crippen molar-refractivity contribution in [2.45, 2.75) is 20.4 Å². The van der Waals surface area contributed by atoms with Gasteiger partial charge in [0.2, 0.25) is 0 Å². The molecule has 0 radical (unpaired) electrons. The number of rotatable bonds is 3. The third kappa shape index (κ3) is 2.81. The quantitative estimate of drug-likeness (QED) is 0.873. The van der Waals surface area contributed by atoms with Gasteiger partial charge in [-0.2, -0.15) is 0 Å². The minimum absolute atomic E-state index is 0.226. The highest BCUT2D eigenvalue weighted by Gasteiger charge is 2.02. The lowest BCUT2D eigenvalue weighted by atomic mass is 10.2. The summed E-state index contributed by atoms with van der Waals surface area (Å²) in [6.45, 7) is 4.58. The number of pyridine rings is 1. The second-order valence-electron chi connectivity index (χ2n) is 4.08. The van der Waals surface area contributed by atoms with E-state index in [1.807, 2.05) is 26.0 Å². The summed E-state index contributed by atoms with van der Waals surface area (Å²) in [6.07, 6.45) is 1.77. The van der Waals surface area contributed by atoms with E-state index in [4.69, 9.17) is 0 Å². The van der Waals surface area contributed by atoms with Crippen molar-refractivity contribution in [3.8, 4) is 0 Å². The Morgan fingerprint density at radius 1 is 1.18 bits per heavy atom. The van der Waals surface area contributed by atoms with E-state index in [0.29, 0.717) is 6.54 Å². The van der Waals surface area contributed by atoms with Gasteiger partial charge in [-0.15, -0.1) is 0 Å². The first-order chi connectivity index (χ1) is 8.16. The van der Waals surface area contributed by atoms with Crippen LogP contribution in [0.3, 0.4) is 0 Å². The molecule has 0 aliphatic rings. The summed E-state index contributed by atoms with van der Waals surface area (Å²) in [6, 6.07) is 8.66. The lowest BCUT2D eigenvalue weighted by Gasteiger charge is -2.10. The molecule has 1 heterocycles. The maximum Gasteiger partial charge on any atom is 0.125 e. The van der Waals surface area contributed by atoms with Crippen molar-refractivity contribution < 1.29 is 4.39 Å². The smallest absolute Gasteiger partial charge is 0.125 e. The van der Waals surface area contributed by atoms with E-state index >= 15 is 0 Å². The molecule has 0 saturated carbocycles. The molecule has 1 aromatic carbocycles. The molecule has 0 aliphatic heterocycles. The third-order valence-electron chi connectivity index (χ3n) is 2.76. The van der Waals surface area contributed by atoms with E-state index in [-0.39, 0.29) is 5.82 Å². The highest BCUT2D eigenvalue weighted by atomic mass is 19.1. The van der Waals surface area contributed by atoms with Crippen molar-refractivity contribution in [3.05, 3.63) is 59.2 Å². The van der Waals surface area contributed by atoms with E-state index in [0.717, 1.165) is 22.5 Å². The number of nitrogens with zero attached hydrogens (tertiary/aromatic N) is 1. The fraction of sp³-hybridized carbons (Fsp3) is 0.214. The first kappa shape index (κ1) is 11.6. The van der Waals surface area contributed by atoms with Gasteiger partial charge in [-0.25, -0.2) is 4.39 Å². The largest absolute Gasteiger partial charge is 0.379 e. The Bertz CT molecular complexity index is 523. The zero-order valence-electron chi connectivity index (χ0n) is 10.00. The molecule has 0 unspecified atom stereocenters. The van der Waals surface area contributed by atoms with Gasteiger partial charge in [-0.05, 0) is 43.2 Å². The number of aryl methyl sites for hydroxylation is 2. The molecular weight excluding hydrogens is 215 g/mol. The maximum atomic E-state index is 13.1. The zero-order chi connectivity index (χ0) is 12.3. The standard InChI is InChI=1S/C14H15FN2/c1-10-4-3-7-16-14(10)9-17-13-8-12(15)6-5-11(13)2/h3-8,17H,9H2,1-2H3. The lowest BCUT2D eigenvalue weighted by molar-refractivity contribution is 0.628. The van der Waals surface area contributed by atoms with Crippen molar-refractivity contribution in [3.63, 3.8) is 0 Å². The molecule has 0 aliphatic carbocycles. The predicted molar refractivity (Wildman–Crippen MR) is 67.4 cm³/mol. The van der Waals surface area contributed by atoms with Crippen molar-refractivity contribution in [2.24, 2.45) is 0 Å². The monoisotopic (exact) mass is 230 g/mol. The van der Waals surface area contributed by atoms with Crippen LogP contribution in [0.2, 0.25) is 0 Å². The van der Waals surface area contributed by atoms with Gasteiger partial charge in [0.15, 0.2) is 0 Å². The van der Waals surface area contributed by atoms with Crippen LogP contribution in [0.4, 0.5) is 10.1 Å². The van der Waals surface area contributed by atoms with Crippen molar-refractivity contribution in [2.75, 3.05) is 5.32 Å². The van der Waals surface area contributed by atoms with Gasteiger partial charge in [0.25, 0.3) is 0 Å². The molecule has 1 N–H and O–H groups in total. The van der Waals surface area contributed by atoms with Gasteiger partial charge in [0.05, 0.1) is 12.2 Å². The molecular formula is C14H15FN2. The van der Waals surface area contributed by atoms with Gasteiger partial charge in [0.1, 0.15) is 5.82 Å². The summed E-state index contributed by atoms with van der Waals surface area (Å²) in [5, 5.41) is 3.21. The Labute approximate surface area is 101 Å². The minimum atomic E-state index is -0.226. The Balaban J connectivity index is 2.12. The molecule has 1 aromatic heterocycles. The van der Waals surface area contributed by atoms with Crippen LogP contribution in [0.5, 0.6) is 0 Å². The molecule has 17 heavy (non-hydrogen) atoms. The van der Waals surface area contributed by atoms with Crippen LogP contribution < -0.4 is 5.32 Å². The van der Waals surface area contributed by atoms with E-state index in [2.05, 4.69) is 10.3 Å². The summed E-state index contributed by atoms with van der Waals surface area (Å²) in [7, 11) is 0. The summed E-state index contributed by atoms with van der Waals surface area (Å²) in [5.74, 6) is -0.226. The summed E-state index contributed by atoms with van der Waals surface area (Å²) >= 11 is 0. The molecule has 0 amide bonds. The number of hydrogen-bond acceptors (Lipinski definition) is 2. The molecule has 2 rings (SSSR count). The Hall–Kier alpha value is -1.90. The van der Waals surface area contributed by atoms with Crippen molar-refractivity contribution >= 4 is 5.69 Å². The van der Waals surface area contributed by atoms with Crippen LogP contribution in [-0.2, 0) is 6.54 Å². The number of nitrogens with one attached hydrogen (secondary N) is 1. The maximum absolute atomic E-state index is 13.1. The van der Waals surface area contributed by atoms with Gasteiger partial charge in [-0.1, -0.05) is 12.1 Å². The average molecular weight is 230 g/mol. The fourth-order valence-electron chi connectivity index (χ4n) is 1.67. The SMILES string of the molecule is Cc1ccc(F)cc1NCc1ncccc1C. The van der Waals surface area contributed by atoms with Crippen LogP contribution in [-0.4, -0.2) is 4.98 Å². The first-order valence-corrected chi connectivity index (χ1v) is 5.57. The highest BCUT2D eigenvalue weighted by molar-refractivity contribution is 5.50. The van der Waals surface area contributed by atoms with Gasteiger partial charge in [-0.3, -0.25) is 4.98 Å². The minimum Gasteiger partial charge on any atom is -0.379 e. The second-order valence-corrected chi connectivity index (χ2v) is 4.08. The van der Waals surface area contributed by atoms with E-state index < -0.39 is 0 Å².